The zero-order valence-corrected chi connectivity index (χ0v) is 10.2. The van der Waals surface area contributed by atoms with Gasteiger partial charge >= 0.3 is 6.36 Å². The van der Waals surface area contributed by atoms with Gasteiger partial charge in [-0.15, -0.1) is 13.2 Å². The number of benzene rings is 1. The van der Waals surface area contributed by atoms with E-state index in [1.807, 2.05) is 0 Å². The van der Waals surface area contributed by atoms with Gasteiger partial charge in [-0.05, 0) is 18.2 Å². The van der Waals surface area contributed by atoms with E-state index in [0.717, 1.165) is 6.07 Å². The fraction of sp³-hybridized carbons (Fsp3) is 0.273. The number of ether oxygens (including phenoxy) is 1. The van der Waals surface area contributed by atoms with Crippen LogP contribution in [0.5, 0.6) is 5.75 Å². The van der Waals surface area contributed by atoms with Crippen molar-refractivity contribution in [1.29, 1.82) is 0 Å². The normalized spacial score (nSPS) is 10.6. The quantitative estimate of drug-likeness (QED) is 0.517. The summed E-state index contributed by atoms with van der Waals surface area (Å²) in [6.07, 6.45) is -4.21. The van der Waals surface area contributed by atoms with Gasteiger partial charge < -0.3 is 10.5 Å². The van der Waals surface area contributed by atoms with Crippen molar-refractivity contribution in [2.45, 2.75) is 12.8 Å². The van der Waals surface area contributed by atoms with Crippen LogP contribution in [-0.2, 0) is 0 Å². The number of anilines is 1. The molecule has 0 saturated carbocycles. The Labute approximate surface area is 105 Å². The maximum atomic E-state index is 12.1. The molecule has 0 aliphatic carbocycles. The van der Waals surface area contributed by atoms with E-state index in [-0.39, 0.29) is 11.3 Å². The third-order valence-electron chi connectivity index (χ3n) is 1.67. The lowest BCUT2D eigenvalue weighted by Crippen LogP contribution is -2.17. The maximum Gasteiger partial charge on any atom is 0.573 e. The number of nitrogen functional groups attached to an aromatic ring is 1. The van der Waals surface area contributed by atoms with Gasteiger partial charge in [0.05, 0.1) is 5.56 Å². The van der Waals surface area contributed by atoms with Crippen molar-refractivity contribution in [2.75, 3.05) is 11.1 Å². The molecular weight excluding hydrogens is 299 g/mol. The van der Waals surface area contributed by atoms with Crippen LogP contribution in [0.15, 0.2) is 18.2 Å². The first-order valence-corrected chi connectivity index (χ1v) is 5.74. The Morgan fingerprint density at radius 2 is 2.06 bits per heavy atom. The minimum Gasteiger partial charge on any atom is -0.404 e. The van der Waals surface area contributed by atoms with Crippen LogP contribution in [-0.4, -0.2) is 11.7 Å². The van der Waals surface area contributed by atoms with Gasteiger partial charge in [-0.3, -0.25) is 0 Å². The summed E-state index contributed by atoms with van der Waals surface area (Å²) in [5.41, 5.74) is 5.95. The Morgan fingerprint density at radius 1 is 1.35 bits per heavy atom. The van der Waals surface area contributed by atoms with Crippen molar-refractivity contribution < 1.29 is 17.9 Å². The summed E-state index contributed by atoms with van der Waals surface area (Å²) in [5, 5.41) is 0.651. The monoisotopic (exact) mass is 307 g/mol. The van der Waals surface area contributed by atoms with Crippen LogP contribution in [0.1, 0.15) is 12.0 Å². The highest BCUT2D eigenvalue weighted by Gasteiger charge is 2.31. The van der Waals surface area contributed by atoms with Crippen molar-refractivity contribution in [3.63, 3.8) is 0 Å². The van der Waals surface area contributed by atoms with E-state index in [4.69, 9.17) is 5.73 Å². The fourth-order valence-corrected chi connectivity index (χ4v) is 1.26. The molecule has 92 valence electrons. The molecule has 2 nitrogen and oxygen atoms in total. The molecule has 1 aromatic carbocycles. The Kier molecular flexibility index (Phi) is 4.70. The summed E-state index contributed by atoms with van der Waals surface area (Å²) in [5.74, 6) is 4.96. The summed E-state index contributed by atoms with van der Waals surface area (Å²) in [6, 6.07) is 3.83. The highest BCUT2D eigenvalue weighted by molar-refractivity contribution is 9.09. The Hall–Kier alpha value is -1.35. The molecule has 0 aliphatic rings. The highest BCUT2D eigenvalue weighted by Crippen LogP contribution is 2.27. The molecule has 0 spiro atoms. The SMILES string of the molecule is Nc1ccc(OC(F)(F)F)c(C#CCCBr)c1. The zero-order chi connectivity index (χ0) is 12.9. The Bertz CT molecular complexity index is 448. The van der Waals surface area contributed by atoms with E-state index in [1.54, 1.807) is 0 Å². The van der Waals surface area contributed by atoms with E-state index in [0.29, 0.717) is 17.4 Å². The molecule has 0 aliphatic heterocycles. The average Bonchev–Trinajstić information content (AvgIpc) is 2.20. The molecule has 1 rings (SSSR count). The smallest absolute Gasteiger partial charge is 0.404 e. The number of alkyl halides is 4. The molecule has 2 N–H and O–H groups in total. The Morgan fingerprint density at radius 3 is 2.65 bits per heavy atom. The van der Waals surface area contributed by atoms with Crippen molar-refractivity contribution >= 4 is 21.6 Å². The third-order valence-corrected chi connectivity index (χ3v) is 2.07. The van der Waals surface area contributed by atoms with Crippen LogP contribution in [0, 0.1) is 11.8 Å². The van der Waals surface area contributed by atoms with Crippen LogP contribution in [0.25, 0.3) is 0 Å². The average molecular weight is 308 g/mol. The first-order valence-electron chi connectivity index (χ1n) is 4.62. The Balaban J connectivity index is 3.01. The maximum absolute atomic E-state index is 12.1. The number of halogens is 4. The van der Waals surface area contributed by atoms with Gasteiger partial charge in [0.2, 0.25) is 0 Å². The minimum absolute atomic E-state index is 0.128. The lowest BCUT2D eigenvalue weighted by molar-refractivity contribution is -0.274. The summed E-state index contributed by atoms with van der Waals surface area (Å²) < 4.78 is 40.2. The number of nitrogens with two attached hydrogens (primary N) is 1. The van der Waals surface area contributed by atoms with E-state index >= 15 is 0 Å². The highest BCUT2D eigenvalue weighted by atomic mass is 79.9. The molecule has 0 radical (unpaired) electrons. The van der Waals surface area contributed by atoms with Gasteiger partial charge in [0.15, 0.2) is 0 Å². The second-order valence-corrected chi connectivity index (χ2v) is 3.84. The molecule has 6 heteroatoms. The van der Waals surface area contributed by atoms with Crippen LogP contribution in [0.4, 0.5) is 18.9 Å². The molecule has 1 aromatic rings. The molecule has 0 unspecified atom stereocenters. The van der Waals surface area contributed by atoms with Gasteiger partial charge in [-0.1, -0.05) is 27.8 Å². The largest absolute Gasteiger partial charge is 0.573 e. The lowest BCUT2D eigenvalue weighted by Gasteiger charge is -2.10. The van der Waals surface area contributed by atoms with E-state index < -0.39 is 6.36 Å². The van der Waals surface area contributed by atoms with Crippen LogP contribution >= 0.6 is 15.9 Å². The van der Waals surface area contributed by atoms with Crippen LogP contribution in [0.3, 0.4) is 0 Å². The van der Waals surface area contributed by atoms with Gasteiger partial charge in [-0.25, -0.2) is 0 Å². The molecule has 17 heavy (non-hydrogen) atoms. The van der Waals surface area contributed by atoms with Crippen LogP contribution < -0.4 is 10.5 Å². The topological polar surface area (TPSA) is 35.2 Å². The second kappa shape index (κ2) is 5.82. The first-order chi connectivity index (χ1) is 7.92. The zero-order valence-electron chi connectivity index (χ0n) is 8.64. The van der Waals surface area contributed by atoms with Crippen molar-refractivity contribution in [1.82, 2.24) is 0 Å². The third kappa shape index (κ3) is 5.00. The van der Waals surface area contributed by atoms with Gasteiger partial charge in [0.1, 0.15) is 5.75 Å². The van der Waals surface area contributed by atoms with E-state index in [9.17, 15) is 13.2 Å². The predicted molar refractivity (Wildman–Crippen MR) is 62.8 cm³/mol. The molecule has 0 fully saturated rings. The fourth-order valence-electron chi connectivity index (χ4n) is 1.06. The first kappa shape index (κ1) is 13.7. The second-order valence-electron chi connectivity index (χ2n) is 3.04. The standard InChI is InChI=1S/C11H9BrF3NO/c12-6-2-1-3-8-7-9(16)4-5-10(8)17-11(13,14)15/h4-5,7H,2,6,16H2. The van der Waals surface area contributed by atoms with Crippen molar-refractivity contribution in [3.8, 4) is 17.6 Å². The van der Waals surface area contributed by atoms with Crippen LogP contribution in [0.2, 0.25) is 0 Å². The molecule has 0 bridgehead atoms. The molecular formula is C11H9BrF3NO. The van der Waals surface area contributed by atoms with Crippen molar-refractivity contribution in [3.05, 3.63) is 23.8 Å². The van der Waals surface area contributed by atoms with Gasteiger partial charge in [-0.2, -0.15) is 0 Å². The molecule has 0 aromatic heterocycles. The summed E-state index contributed by atoms with van der Waals surface area (Å²) >= 11 is 3.17. The lowest BCUT2D eigenvalue weighted by atomic mass is 10.2. The van der Waals surface area contributed by atoms with E-state index in [1.165, 1.54) is 12.1 Å². The molecule has 0 saturated heterocycles. The number of hydrogen-bond acceptors (Lipinski definition) is 2. The van der Waals surface area contributed by atoms with Crippen molar-refractivity contribution in [2.24, 2.45) is 0 Å². The summed E-state index contributed by atoms with van der Waals surface area (Å²) in [4.78, 5) is 0. The van der Waals surface area contributed by atoms with Gasteiger partial charge in [0.25, 0.3) is 0 Å². The summed E-state index contributed by atoms with van der Waals surface area (Å²) in [6.45, 7) is 0. The summed E-state index contributed by atoms with van der Waals surface area (Å²) in [7, 11) is 0. The molecule has 0 amide bonds. The molecule has 0 atom stereocenters. The number of rotatable bonds is 2. The van der Waals surface area contributed by atoms with Gasteiger partial charge in [0, 0.05) is 17.4 Å². The number of hydrogen-bond donors (Lipinski definition) is 1. The predicted octanol–water partition coefficient (Wildman–Crippen LogP) is 3.30. The minimum atomic E-state index is -4.73. The van der Waals surface area contributed by atoms with E-state index in [2.05, 4.69) is 32.5 Å². The molecule has 0 heterocycles.